The minimum absolute atomic E-state index is 0.133. The quantitative estimate of drug-likeness (QED) is 0.259. The lowest BCUT2D eigenvalue weighted by atomic mass is 10.1. The minimum Gasteiger partial charge on any atom is -0.511 e. The van der Waals surface area contributed by atoms with Crippen LogP contribution in [-0.2, 0) is 13.6 Å². The Morgan fingerprint density at radius 3 is 2.83 bits per heavy atom. The summed E-state index contributed by atoms with van der Waals surface area (Å²) in [5.74, 6) is 0. The minimum atomic E-state index is -2.99. The van der Waals surface area contributed by atoms with Gasteiger partial charge in [-0.15, -0.1) is 0 Å². The molecule has 0 aromatic heterocycles. The van der Waals surface area contributed by atoms with E-state index in [2.05, 4.69) is 10.5 Å². The van der Waals surface area contributed by atoms with Gasteiger partial charge >= 0.3 is 9.17 Å². The molecule has 0 saturated carbocycles. The van der Waals surface area contributed by atoms with Crippen LogP contribution in [0.4, 0.5) is 0 Å². The molecule has 1 N–H and O–H groups in total. The molecule has 1 unspecified atom stereocenters. The lowest BCUT2D eigenvalue weighted by molar-refractivity contribution is 0.306. The van der Waals surface area contributed by atoms with Crippen molar-refractivity contribution in [1.29, 1.82) is 5.26 Å². The number of benzene rings is 1. The van der Waals surface area contributed by atoms with E-state index in [1.807, 2.05) is 42.5 Å². The zero-order valence-corrected chi connectivity index (χ0v) is 14.0. The number of epoxide rings is 1. The van der Waals surface area contributed by atoms with Crippen molar-refractivity contribution in [2.24, 2.45) is 0 Å². The normalized spacial score (nSPS) is 17.9. The van der Waals surface area contributed by atoms with Gasteiger partial charge in [-0.25, -0.2) is 0 Å². The third kappa shape index (κ3) is 7.00. The van der Waals surface area contributed by atoms with E-state index in [-0.39, 0.29) is 6.10 Å². The van der Waals surface area contributed by atoms with Crippen molar-refractivity contribution in [3.05, 3.63) is 77.6 Å². The Hall–Kier alpha value is -2.75. The summed E-state index contributed by atoms with van der Waals surface area (Å²) in [5, 5.41) is 9.24. The Morgan fingerprint density at radius 1 is 1.46 bits per heavy atom. The summed E-state index contributed by atoms with van der Waals surface area (Å²) < 4.78 is 20.2. The van der Waals surface area contributed by atoms with E-state index in [9.17, 15) is 9.72 Å². The molecular weight excluding hydrogens is 322 g/mol. The molecule has 1 heterocycles. The average Bonchev–Trinajstić information content (AvgIpc) is 3.40. The van der Waals surface area contributed by atoms with Crippen molar-refractivity contribution in [2.45, 2.75) is 12.5 Å². The molecule has 5 nitrogen and oxygen atoms in total. The maximum Gasteiger partial charge on any atom is 0.769 e. The highest BCUT2D eigenvalue weighted by Gasteiger charge is 2.23. The van der Waals surface area contributed by atoms with Crippen molar-refractivity contribution in [2.75, 3.05) is 6.61 Å². The summed E-state index contributed by atoms with van der Waals surface area (Å²) in [5.41, 5.74) is 2.42. The summed E-state index contributed by atoms with van der Waals surface area (Å²) in [6.45, 7) is 0.691. The van der Waals surface area contributed by atoms with E-state index in [4.69, 9.17) is 9.53 Å². The first-order chi connectivity index (χ1) is 11.7. The van der Waals surface area contributed by atoms with Crippen molar-refractivity contribution in [3.63, 3.8) is 0 Å². The third-order valence-corrected chi connectivity index (χ3v) is 3.48. The number of hydrogen-bond acceptors (Lipinski definition) is 4. The lowest BCUT2D eigenvalue weighted by Gasteiger charge is -1.98. The molecule has 1 aliphatic rings. The van der Waals surface area contributed by atoms with Gasteiger partial charge in [-0.3, -0.25) is 4.46 Å². The van der Waals surface area contributed by atoms with Crippen LogP contribution in [0.25, 0.3) is 6.08 Å². The molecule has 24 heavy (non-hydrogen) atoms. The smallest absolute Gasteiger partial charge is 0.511 e. The monoisotopic (exact) mass is 339 g/mol. The van der Waals surface area contributed by atoms with Crippen LogP contribution in [0.5, 0.6) is 0 Å². The summed E-state index contributed by atoms with van der Waals surface area (Å²) in [7, 11) is -2.99. The Morgan fingerprint density at radius 2 is 2.21 bits per heavy atom. The number of hydrogen-bond donors (Lipinski definition) is 1. The van der Waals surface area contributed by atoms with Crippen molar-refractivity contribution in [3.8, 4) is 6.07 Å². The molecule has 6 heteroatoms. The molecule has 1 atom stereocenters. The van der Waals surface area contributed by atoms with Crippen molar-refractivity contribution < 1.29 is 18.4 Å². The van der Waals surface area contributed by atoms with Gasteiger partial charge in [0.15, 0.2) is 0 Å². The zero-order chi connectivity index (χ0) is 17.2. The Balaban J connectivity index is 2.16. The first-order valence-electron chi connectivity index (χ1n) is 7.39. The number of rotatable bonds is 8. The van der Waals surface area contributed by atoms with Crippen molar-refractivity contribution >= 4 is 15.2 Å². The summed E-state index contributed by atoms with van der Waals surface area (Å²) in [6.07, 6.45) is 10.7. The molecular formula is C18H17NO4Si. The second-order valence-electron chi connectivity index (χ2n) is 5.06. The Kier molecular flexibility index (Phi) is 6.89. The van der Waals surface area contributed by atoms with E-state index < -0.39 is 9.17 Å². The fourth-order valence-corrected chi connectivity index (χ4v) is 2.12. The zero-order valence-electron chi connectivity index (χ0n) is 13.0. The van der Waals surface area contributed by atoms with E-state index in [1.165, 1.54) is 6.08 Å². The third-order valence-electron chi connectivity index (χ3n) is 3.14. The predicted octanol–water partition coefficient (Wildman–Crippen LogP) is 2.80. The van der Waals surface area contributed by atoms with E-state index in [1.54, 1.807) is 12.2 Å². The molecule has 122 valence electrons. The number of ether oxygens (including phenoxy) is 1. The fourth-order valence-electron chi connectivity index (χ4n) is 1.93. The highest BCUT2D eigenvalue weighted by atomic mass is 28.3. The van der Waals surface area contributed by atoms with Gasteiger partial charge in [0.05, 0.1) is 25.0 Å². The highest BCUT2D eigenvalue weighted by Crippen LogP contribution is 2.20. The summed E-state index contributed by atoms with van der Waals surface area (Å²) >= 11 is 0. The Bertz CT molecular complexity index is 725. The number of nitriles is 1. The van der Waals surface area contributed by atoms with Crippen LogP contribution < -0.4 is 0 Å². The molecule has 1 aromatic carbocycles. The second kappa shape index (κ2) is 9.40. The predicted molar refractivity (Wildman–Crippen MR) is 90.5 cm³/mol. The van der Waals surface area contributed by atoms with E-state index >= 15 is 0 Å². The molecule has 0 bridgehead atoms. The van der Waals surface area contributed by atoms with Crippen LogP contribution in [0.2, 0.25) is 0 Å². The standard InChI is InChI=1S/C18H17NO4Si/c19-13-17(12-18-14-22-18)11-16(7-4-10-23-24(20)21)9-8-15-5-2-1-3-6-15/h1-11,18,20H,12,14H2. The molecule has 1 aliphatic heterocycles. The summed E-state index contributed by atoms with van der Waals surface area (Å²) in [6, 6.07) is 11.9. The van der Waals surface area contributed by atoms with Crippen LogP contribution in [0.3, 0.4) is 0 Å². The van der Waals surface area contributed by atoms with Crippen LogP contribution in [0.1, 0.15) is 12.0 Å². The number of nitrogens with zero attached hydrogens (tertiary/aromatic N) is 1. The number of allylic oxidation sites excluding steroid dienone is 5. The molecule has 0 radical (unpaired) electrons. The molecule has 1 saturated heterocycles. The lowest BCUT2D eigenvalue weighted by Crippen LogP contribution is -1.98. The van der Waals surface area contributed by atoms with Gasteiger partial charge in [0.2, 0.25) is 0 Å². The van der Waals surface area contributed by atoms with Gasteiger partial charge in [-0.1, -0.05) is 48.6 Å². The van der Waals surface area contributed by atoms with E-state index in [0.29, 0.717) is 18.6 Å². The molecule has 0 amide bonds. The van der Waals surface area contributed by atoms with Crippen molar-refractivity contribution in [1.82, 2.24) is 0 Å². The van der Waals surface area contributed by atoms with Crippen LogP contribution in [0, 0.1) is 11.3 Å². The average molecular weight is 339 g/mol. The SMILES string of the molecule is N#CC(=CC(C=Cc1ccccc1)=CC=CO[Si](=O)O)CC1CO1. The topological polar surface area (TPSA) is 82.8 Å². The van der Waals surface area contributed by atoms with Gasteiger partial charge in [-0.05, 0) is 23.3 Å². The van der Waals surface area contributed by atoms with Crippen LogP contribution >= 0.6 is 0 Å². The van der Waals surface area contributed by atoms with Crippen LogP contribution in [0.15, 0.2) is 72.0 Å². The molecule has 1 fully saturated rings. The van der Waals surface area contributed by atoms with E-state index in [0.717, 1.165) is 17.4 Å². The fraction of sp³-hybridized carbons (Fsp3) is 0.167. The largest absolute Gasteiger partial charge is 0.769 e. The molecule has 0 aliphatic carbocycles. The highest BCUT2D eigenvalue weighted by molar-refractivity contribution is 6.24. The van der Waals surface area contributed by atoms with Gasteiger partial charge in [0.25, 0.3) is 0 Å². The summed E-state index contributed by atoms with van der Waals surface area (Å²) in [4.78, 5) is 8.63. The van der Waals surface area contributed by atoms with Gasteiger partial charge < -0.3 is 14.0 Å². The first-order valence-corrected chi connectivity index (χ1v) is 8.65. The first kappa shape index (κ1) is 17.6. The maximum atomic E-state index is 10.5. The van der Waals surface area contributed by atoms with Crippen LogP contribution in [-0.4, -0.2) is 26.7 Å². The molecule has 1 aromatic rings. The Labute approximate surface area is 142 Å². The van der Waals surface area contributed by atoms with Gasteiger partial charge in [0, 0.05) is 12.0 Å². The maximum absolute atomic E-state index is 10.5. The second-order valence-corrected chi connectivity index (χ2v) is 5.83. The van der Waals surface area contributed by atoms with Gasteiger partial charge in [-0.2, -0.15) is 5.26 Å². The molecule has 0 spiro atoms. The molecule has 2 rings (SSSR count). The van der Waals surface area contributed by atoms with Gasteiger partial charge in [0.1, 0.15) is 0 Å².